The van der Waals surface area contributed by atoms with Crippen molar-refractivity contribution in [3.05, 3.63) is 50.4 Å². The van der Waals surface area contributed by atoms with Gasteiger partial charge >= 0.3 is 0 Å². The molecule has 1 unspecified atom stereocenters. The lowest BCUT2D eigenvalue weighted by atomic mass is 10.0. The van der Waals surface area contributed by atoms with Crippen molar-refractivity contribution in [1.82, 2.24) is 5.32 Å². The van der Waals surface area contributed by atoms with Crippen LogP contribution in [0.2, 0.25) is 0 Å². The van der Waals surface area contributed by atoms with E-state index in [2.05, 4.69) is 21.2 Å². The van der Waals surface area contributed by atoms with E-state index in [4.69, 9.17) is 4.74 Å². The van der Waals surface area contributed by atoms with E-state index in [1.165, 1.54) is 7.11 Å². The molecule has 0 saturated carbocycles. The predicted octanol–water partition coefficient (Wildman–Crippen LogP) is 4.36. The fraction of sp³-hybridized carbons (Fsp3) is 0.286. The second-order valence-corrected chi connectivity index (χ2v) is 5.88. The lowest BCUT2D eigenvalue weighted by Gasteiger charge is -2.18. The zero-order chi connectivity index (χ0) is 13.8. The van der Waals surface area contributed by atoms with Crippen LogP contribution in [0.15, 0.2) is 34.1 Å². The first-order valence-corrected chi connectivity index (χ1v) is 7.64. The summed E-state index contributed by atoms with van der Waals surface area (Å²) in [4.78, 5) is 1.07. The zero-order valence-corrected chi connectivity index (χ0v) is 13.1. The van der Waals surface area contributed by atoms with Crippen LogP contribution in [0.5, 0.6) is 5.75 Å². The number of hydrogen-bond donors (Lipinski definition) is 1. The van der Waals surface area contributed by atoms with Gasteiger partial charge in [0.05, 0.1) is 13.2 Å². The molecule has 5 heteroatoms. The van der Waals surface area contributed by atoms with E-state index in [0.29, 0.717) is 5.56 Å². The second kappa shape index (κ2) is 6.50. The highest BCUT2D eigenvalue weighted by Crippen LogP contribution is 2.33. The van der Waals surface area contributed by atoms with Gasteiger partial charge in [-0.05, 0) is 34.6 Å². The fourth-order valence-corrected chi connectivity index (χ4v) is 3.49. The van der Waals surface area contributed by atoms with Crippen LogP contribution in [0.3, 0.4) is 0 Å². The van der Waals surface area contributed by atoms with Gasteiger partial charge in [-0.3, -0.25) is 0 Å². The van der Waals surface area contributed by atoms with Crippen LogP contribution in [0.1, 0.15) is 23.4 Å². The van der Waals surface area contributed by atoms with Crippen LogP contribution in [0.4, 0.5) is 4.39 Å². The van der Waals surface area contributed by atoms with Gasteiger partial charge in [-0.1, -0.05) is 19.1 Å². The Kier molecular flexibility index (Phi) is 4.96. The van der Waals surface area contributed by atoms with Gasteiger partial charge in [-0.2, -0.15) is 0 Å². The van der Waals surface area contributed by atoms with E-state index in [-0.39, 0.29) is 17.6 Å². The molecule has 1 aromatic heterocycles. The highest BCUT2D eigenvalue weighted by molar-refractivity contribution is 9.10. The third kappa shape index (κ3) is 3.16. The minimum atomic E-state index is -0.305. The maximum Gasteiger partial charge on any atom is 0.170 e. The first-order chi connectivity index (χ1) is 9.17. The number of ether oxygens (including phenoxy) is 1. The van der Waals surface area contributed by atoms with Crippen LogP contribution in [-0.4, -0.2) is 13.7 Å². The Labute approximate surface area is 124 Å². The molecule has 2 rings (SSSR count). The van der Waals surface area contributed by atoms with Crippen molar-refractivity contribution < 1.29 is 9.13 Å². The smallest absolute Gasteiger partial charge is 0.170 e. The van der Waals surface area contributed by atoms with Gasteiger partial charge in [-0.25, -0.2) is 4.39 Å². The molecule has 0 bridgehead atoms. The average molecular weight is 344 g/mol. The van der Waals surface area contributed by atoms with Gasteiger partial charge in [0.25, 0.3) is 0 Å². The van der Waals surface area contributed by atoms with Crippen molar-refractivity contribution in [1.29, 1.82) is 0 Å². The van der Waals surface area contributed by atoms with Crippen molar-refractivity contribution in [2.75, 3.05) is 13.7 Å². The summed E-state index contributed by atoms with van der Waals surface area (Å²) < 4.78 is 20.4. The molecule has 0 spiro atoms. The van der Waals surface area contributed by atoms with E-state index >= 15 is 0 Å². The van der Waals surface area contributed by atoms with Crippen LogP contribution in [-0.2, 0) is 0 Å². The Morgan fingerprint density at radius 2 is 2.26 bits per heavy atom. The van der Waals surface area contributed by atoms with Crippen molar-refractivity contribution >= 4 is 27.3 Å². The summed E-state index contributed by atoms with van der Waals surface area (Å²) in [5, 5.41) is 5.31. The highest BCUT2D eigenvalue weighted by Gasteiger charge is 2.20. The molecule has 0 aliphatic heterocycles. The first kappa shape index (κ1) is 14.5. The Hall–Kier alpha value is -0.910. The van der Waals surface area contributed by atoms with Gasteiger partial charge in [0, 0.05) is 20.3 Å². The number of rotatable bonds is 5. The Morgan fingerprint density at radius 1 is 1.47 bits per heavy atom. The molecule has 0 amide bonds. The van der Waals surface area contributed by atoms with Crippen LogP contribution in [0.25, 0.3) is 0 Å². The van der Waals surface area contributed by atoms with Gasteiger partial charge in [0.2, 0.25) is 0 Å². The Balaban J connectivity index is 2.44. The molecule has 1 N–H and O–H groups in total. The minimum absolute atomic E-state index is 0.156. The lowest BCUT2D eigenvalue weighted by molar-refractivity contribution is 0.382. The average Bonchev–Trinajstić information content (AvgIpc) is 2.83. The first-order valence-electron chi connectivity index (χ1n) is 5.97. The fourth-order valence-electron chi connectivity index (χ4n) is 1.96. The molecule has 1 heterocycles. The third-order valence-electron chi connectivity index (χ3n) is 2.80. The molecule has 0 fully saturated rings. The number of hydrogen-bond acceptors (Lipinski definition) is 3. The Bertz CT molecular complexity index is 558. The largest absolute Gasteiger partial charge is 0.494 e. The predicted molar refractivity (Wildman–Crippen MR) is 80.5 cm³/mol. The summed E-state index contributed by atoms with van der Waals surface area (Å²) in [7, 11) is 1.48. The van der Waals surface area contributed by atoms with Crippen molar-refractivity contribution in [3.8, 4) is 5.75 Å². The van der Waals surface area contributed by atoms with Gasteiger partial charge in [0.1, 0.15) is 0 Å². The number of benzene rings is 1. The van der Waals surface area contributed by atoms with Gasteiger partial charge in [-0.15, -0.1) is 11.3 Å². The summed E-state index contributed by atoms with van der Waals surface area (Å²) in [6.07, 6.45) is 0. The SMILES string of the molecule is CCNC(c1cc(Br)cs1)c1cccc(OC)c1F. The number of nitrogens with one attached hydrogen (secondary N) is 1. The molecular weight excluding hydrogens is 329 g/mol. The van der Waals surface area contributed by atoms with Crippen LogP contribution < -0.4 is 10.1 Å². The van der Waals surface area contributed by atoms with Gasteiger partial charge < -0.3 is 10.1 Å². The lowest BCUT2D eigenvalue weighted by Crippen LogP contribution is -2.22. The Morgan fingerprint density at radius 3 is 2.84 bits per heavy atom. The molecule has 2 nitrogen and oxygen atoms in total. The van der Waals surface area contributed by atoms with E-state index in [9.17, 15) is 4.39 Å². The number of halogens is 2. The van der Waals surface area contributed by atoms with E-state index < -0.39 is 0 Å². The molecule has 19 heavy (non-hydrogen) atoms. The van der Waals surface area contributed by atoms with E-state index in [1.807, 2.05) is 24.4 Å². The molecule has 102 valence electrons. The van der Waals surface area contributed by atoms with Crippen LogP contribution >= 0.6 is 27.3 Å². The summed E-state index contributed by atoms with van der Waals surface area (Å²) in [6.45, 7) is 2.77. The van der Waals surface area contributed by atoms with E-state index in [1.54, 1.807) is 23.5 Å². The third-order valence-corrected chi connectivity index (χ3v) is 4.56. The molecular formula is C14H15BrFNOS. The summed E-state index contributed by atoms with van der Waals surface area (Å²) in [5.74, 6) is -0.0310. The quantitative estimate of drug-likeness (QED) is 0.870. The molecule has 0 aliphatic rings. The normalized spacial score (nSPS) is 12.4. The van der Waals surface area contributed by atoms with Crippen LogP contribution in [0, 0.1) is 5.82 Å². The maximum atomic E-state index is 14.4. The number of thiophene rings is 1. The van der Waals surface area contributed by atoms with Crippen molar-refractivity contribution in [2.24, 2.45) is 0 Å². The zero-order valence-electron chi connectivity index (χ0n) is 10.7. The summed E-state index contributed by atoms with van der Waals surface area (Å²) >= 11 is 5.03. The molecule has 0 aliphatic carbocycles. The molecule has 0 radical (unpaired) electrons. The van der Waals surface area contributed by atoms with Crippen molar-refractivity contribution in [3.63, 3.8) is 0 Å². The summed E-state index contributed by atoms with van der Waals surface area (Å²) in [6, 6.07) is 7.09. The summed E-state index contributed by atoms with van der Waals surface area (Å²) in [5.41, 5.74) is 0.607. The maximum absolute atomic E-state index is 14.4. The molecule has 0 saturated heterocycles. The van der Waals surface area contributed by atoms with E-state index in [0.717, 1.165) is 15.9 Å². The molecule has 2 aromatic rings. The minimum Gasteiger partial charge on any atom is -0.494 e. The van der Waals surface area contributed by atoms with Crippen molar-refractivity contribution in [2.45, 2.75) is 13.0 Å². The molecule has 1 aromatic carbocycles. The topological polar surface area (TPSA) is 21.3 Å². The monoisotopic (exact) mass is 343 g/mol. The molecule has 1 atom stereocenters. The van der Waals surface area contributed by atoms with Gasteiger partial charge in [0.15, 0.2) is 11.6 Å². The highest BCUT2D eigenvalue weighted by atomic mass is 79.9. The number of methoxy groups -OCH3 is 1. The second-order valence-electron chi connectivity index (χ2n) is 4.02. The standard InChI is InChI=1S/C14H15BrFNOS/c1-3-17-14(12-7-9(15)8-19-12)10-5-4-6-11(18-2)13(10)16/h4-8,14,17H,3H2,1-2H3.